The average Bonchev–Trinajstić information content (AvgIpc) is 2.69. The van der Waals surface area contributed by atoms with Crippen molar-refractivity contribution in [1.29, 1.82) is 0 Å². The van der Waals surface area contributed by atoms with E-state index >= 15 is 0 Å². The van der Waals surface area contributed by atoms with Crippen LogP contribution >= 0.6 is 0 Å². The largest absolute Gasteiger partial charge is 0.465 e. The van der Waals surface area contributed by atoms with E-state index < -0.39 is 14.9 Å². The molecule has 7 nitrogen and oxygen atoms in total. The predicted molar refractivity (Wildman–Crippen MR) is 72.1 cm³/mol. The molecular weight excluding hydrogens is 284 g/mol. The van der Waals surface area contributed by atoms with Crippen molar-refractivity contribution in [2.24, 2.45) is 0 Å². The van der Waals surface area contributed by atoms with E-state index in [0.29, 0.717) is 5.76 Å². The fourth-order valence-corrected chi connectivity index (χ4v) is 3.03. The number of non-ortho nitro benzene ring substituents is 1. The van der Waals surface area contributed by atoms with Gasteiger partial charge in [0, 0.05) is 23.9 Å². The molecule has 1 heterocycles. The molecule has 0 amide bonds. The molecule has 0 bridgehead atoms. The lowest BCUT2D eigenvalue weighted by atomic mass is 10.3. The molecule has 0 aliphatic rings. The van der Waals surface area contributed by atoms with Gasteiger partial charge in [0.1, 0.15) is 16.4 Å². The molecule has 0 atom stereocenters. The van der Waals surface area contributed by atoms with Gasteiger partial charge in [-0.3, -0.25) is 14.8 Å². The first kappa shape index (κ1) is 14.1. The molecule has 0 radical (unpaired) electrons. The van der Waals surface area contributed by atoms with Crippen LogP contribution in [-0.4, -0.2) is 13.3 Å². The highest BCUT2D eigenvalue weighted by atomic mass is 32.2. The Morgan fingerprint density at radius 3 is 2.25 bits per heavy atom. The normalized spacial score (nSPS) is 11.3. The number of sulfonamides is 1. The summed E-state index contributed by atoms with van der Waals surface area (Å²) < 4.78 is 31.8. The number of rotatable bonds is 4. The number of aryl methyl sites for hydroxylation is 2. The Kier molecular flexibility index (Phi) is 3.49. The Bertz CT molecular complexity index is 747. The zero-order valence-corrected chi connectivity index (χ0v) is 11.6. The highest BCUT2D eigenvalue weighted by Crippen LogP contribution is 2.23. The predicted octanol–water partition coefficient (Wildman–Crippen LogP) is 2.61. The third-order valence-electron chi connectivity index (χ3n) is 2.62. The van der Waals surface area contributed by atoms with E-state index in [1.807, 2.05) is 0 Å². The van der Waals surface area contributed by atoms with Crippen LogP contribution in [-0.2, 0) is 10.0 Å². The molecule has 1 aromatic heterocycles. The summed E-state index contributed by atoms with van der Waals surface area (Å²) >= 11 is 0. The molecule has 0 saturated carbocycles. The summed E-state index contributed by atoms with van der Waals surface area (Å²) in [6.07, 6.45) is 0. The smallest absolute Gasteiger partial charge is 0.269 e. The molecule has 0 aliphatic heterocycles. The Morgan fingerprint density at radius 1 is 1.20 bits per heavy atom. The van der Waals surface area contributed by atoms with E-state index in [9.17, 15) is 18.5 Å². The summed E-state index contributed by atoms with van der Waals surface area (Å²) in [7, 11) is -3.77. The molecule has 20 heavy (non-hydrogen) atoms. The molecule has 106 valence electrons. The number of anilines is 1. The van der Waals surface area contributed by atoms with Crippen molar-refractivity contribution in [1.82, 2.24) is 0 Å². The van der Waals surface area contributed by atoms with E-state index in [1.165, 1.54) is 30.3 Å². The summed E-state index contributed by atoms with van der Waals surface area (Å²) in [4.78, 5) is 10.0. The Labute approximate surface area is 115 Å². The first-order valence-corrected chi connectivity index (χ1v) is 7.12. The van der Waals surface area contributed by atoms with Crippen LogP contribution in [0.15, 0.2) is 39.6 Å². The molecule has 1 aromatic carbocycles. The van der Waals surface area contributed by atoms with Crippen molar-refractivity contribution in [3.05, 3.63) is 52.0 Å². The summed E-state index contributed by atoms with van der Waals surface area (Å²) in [6.45, 7) is 3.20. The van der Waals surface area contributed by atoms with Crippen molar-refractivity contribution in [3.63, 3.8) is 0 Å². The van der Waals surface area contributed by atoms with Gasteiger partial charge in [-0.1, -0.05) is 0 Å². The molecule has 0 saturated heterocycles. The van der Waals surface area contributed by atoms with Gasteiger partial charge in [0.05, 0.1) is 4.92 Å². The second-order valence-electron chi connectivity index (χ2n) is 4.19. The van der Waals surface area contributed by atoms with Crippen LogP contribution < -0.4 is 4.72 Å². The molecule has 2 aromatic rings. The third-order valence-corrected chi connectivity index (χ3v) is 4.10. The fourth-order valence-electron chi connectivity index (χ4n) is 1.74. The third kappa shape index (κ3) is 2.80. The Hall–Kier alpha value is -2.35. The van der Waals surface area contributed by atoms with Gasteiger partial charge in [0.2, 0.25) is 0 Å². The monoisotopic (exact) mass is 296 g/mol. The topological polar surface area (TPSA) is 102 Å². The minimum atomic E-state index is -3.77. The van der Waals surface area contributed by atoms with Crippen LogP contribution in [0.25, 0.3) is 0 Å². The maximum Gasteiger partial charge on any atom is 0.269 e. The Balaban J connectivity index is 2.28. The van der Waals surface area contributed by atoms with Gasteiger partial charge in [-0.15, -0.1) is 0 Å². The van der Waals surface area contributed by atoms with E-state index in [-0.39, 0.29) is 22.0 Å². The SMILES string of the molecule is Cc1cc(S(=O)(=O)Nc2ccc([N+](=O)[O-])cc2)c(C)o1. The maximum atomic E-state index is 12.1. The molecule has 2 rings (SSSR count). The second kappa shape index (κ2) is 4.97. The van der Waals surface area contributed by atoms with E-state index in [0.717, 1.165) is 0 Å². The van der Waals surface area contributed by atoms with Gasteiger partial charge < -0.3 is 4.42 Å². The molecule has 0 aliphatic carbocycles. The van der Waals surface area contributed by atoms with Gasteiger partial charge in [0.25, 0.3) is 15.7 Å². The van der Waals surface area contributed by atoms with Crippen molar-refractivity contribution < 1.29 is 17.8 Å². The molecule has 0 unspecified atom stereocenters. The quantitative estimate of drug-likeness (QED) is 0.690. The summed E-state index contributed by atoms with van der Waals surface area (Å²) in [5.41, 5.74) is 0.136. The van der Waals surface area contributed by atoms with Gasteiger partial charge in [-0.2, -0.15) is 0 Å². The number of furan rings is 1. The average molecular weight is 296 g/mol. The molecule has 0 spiro atoms. The second-order valence-corrected chi connectivity index (χ2v) is 5.84. The number of nitrogens with one attached hydrogen (secondary N) is 1. The van der Waals surface area contributed by atoms with Gasteiger partial charge in [0.15, 0.2) is 0 Å². The number of nitro benzene ring substituents is 1. The minimum absolute atomic E-state index is 0.0494. The molecule has 0 fully saturated rings. The van der Waals surface area contributed by atoms with Crippen LogP contribution in [0.4, 0.5) is 11.4 Å². The highest BCUT2D eigenvalue weighted by Gasteiger charge is 2.20. The Morgan fingerprint density at radius 2 is 1.80 bits per heavy atom. The first-order chi connectivity index (χ1) is 9.29. The number of nitro groups is 1. The fraction of sp³-hybridized carbons (Fsp3) is 0.167. The van der Waals surface area contributed by atoms with Crippen LogP contribution in [0, 0.1) is 24.0 Å². The lowest BCUT2D eigenvalue weighted by Gasteiger charge is -2.06. The van der Waals surface area contributed by atoms with E-state index in [4.69, 9.17) is 4.42 Å². The van der Waals surface area contributed by atoms with Crippen molar-refractivity contribution in [2.45, 2.75) is 18.7 Å². The van der Waals surface area contributed by atoms with Crippen molar-refractivity contribution in [3.8, 4) is 0 Å². The first-order valence-electron chi connectivity index (χ1n) is 5.64. The van der Waals surface area contributed by atoms with Crippen LogP contribution in [0.3, 0.4) is 0 Å². The standard InChI is InChI=1S/C12H12N2O5S/c1-8-7-12(9(2)19-8)20(17,18)13-10-3-5-11(6-4-10)14(15)16/h3-7,13H,1-2H3. The van der Waals surface area contributed by atoms with Crippen LogP contribution in [0.1, 0.15) is 11.5 Å². The maximum absolute atomic E-state index is 12.1. The lowest BCUT2D eigenvalue weighted by Crippen LogP contribution is -2.13. The van der Waals surface area contributed by atoms with Crippen LogP contribution in [0.2, 0.25) is 0 Å². The molecule has 1 N–H and O–H groups in total. The molecule has 8 heteroatoms. The highest BCUT2D eigenvalue weighted by molar-refractivity contribution is 7.92. The minimum Gasteiger partial charge on any atom is -0.465 e. The van der Waals surface area contributed by atoms with Crippen molar-refractivity contribution >= 4 is 21.4 Å². The number of benzene rings is 1. The van der Waals surface area contributed by atoms with Gasteiger partial charge in [-0.05, 0) is 26.0 Å². The van der Waals surface area contributed by atoms with E-state index in [2.05, 4.69) is 4.72 Å². The van der Waals surface area contributed by atoms with E-state index in [1.54, 1.807) is 13.8 Å². The lowest BCUT2D eigenvalue weighted by molar-refractivity contribution is -0.384. The molecular formula is C12H12N2O5S. The van der Waals surface area contributed by atoms with Gasteiger partial charge >= 0.3 is 0 Å². The zero-order chi connectivity index (χ0) is 14.9. The zero-order valence-electron chi connectivity index (χ0n) is 10.8. The number of nitrogens with zero attached hydrogens (tertiary/aromatic N) is 1. The number of hydrogen-bond donors (Lipinski definition) is 1. The summed E-state index contributed by atoms with van der Waals surface area (Å²) in [5, 5.41) is 10.5. The number of hydrogen-bond acceptors (Lipinski definition) is 5. The van der Waals surface area contributed by atoms with Gasteiger partial charge in [-0.25, -0.2) is 8.42 Å². The van der Waals surface area contributed by atoms with Crippen molar-refractivity contribution in [2.75, 3.05) is 4.72 Å². The van der Waals surface area contributed by atoms with Crippen LogP contribution in [0.5, 0.6) is 0 Å². The summed E-state index contributed by atoms with van der Waals surface area (Å²) in [5.74, 6) is 0.781. The summed E-state index contributed by atoms with van der Waals surface area (Å²) in [6, 6.07) is 6.54.